The summed E-state index contributed by atoms with van der Waals surface area (Å²) in [7, 11) is 0. The van der Waals surface area contributed by atoms with E-state index in [9.17, 15) is 13.2 Å². The maximum absolute atomic E-state index is 12.7. The van der Waals surface area contributed by atoms with E-state index >= 15 is 0 Å². The molecule has 6 heteroatoms. The summed E-state index contributed by atoms with van der Waals surface area (Å²) in [5.41, 5.74) is 5.06. The van der Waals surface area contributed by atoms with E-state index in [1.54, 1.807) is 0 Å². The third kappa shape index (κ3) is 5.91. The lowest BCUT2D eigenvalue weighted by molar-refractivity contribution is -0.141. The first-order valence-corrected chi connectivity index (χ1v) is 7.32. The van der Waals surface area contributed by atoms with Gasteiger partial charge in [-0.1, -0.05) is 32.3 Å². The van der Waals surface area contributed by atoms with E-state index < -0.39 is 11.9 Å². The first kappa shape index (κ1) is 17.8. The normalized spacial score (nSPS) is 13.2. The number of rotatable bonds is 8. The Kier molecular flexibility index (Phi) is 6.95. The number of pyridine rings is 1. The quantitative estimate of drug-likeness (QED) is 0.729. The summed E-state index contributed by atoms with van der Waals surface area (Å²) in [6.07, 6.45) is 0.528. The van der Waals surface area contributed by atoms with Crippen LogP contribution in [-0.2, 0) is 12.7 Å². The lowest BCUT2D eigenvalue weighted by Crippen LogP contribution is -2.17. The van der Waals surface area contributed by atoms with Gasteiger partial charge in [-0.05, 0) is 25.8 Å². The van der Waals surface area contributed by atoms with E-state index in [2.05, 4.69) is 11.9 Å². The lowest BCUT2D eigenvalue weighted by Gasteiger charge is -2.17. The van der Waals surface area contributed by atoms with Gasteiger partial charge in [0.25, 0.3) is 0 Å². The molecule has 1 rings (SSSR count). The number of aromatic nitrogens is 1. The second kappa shape index (κ2) is 8.22. The number of nitrogens with two attached hydrogens (primary N) is 1. The summed E-state index contributed by atoms with van der Waals surface area (Å²) in [5.74, 6) is -0.00434. The molecule has 2 N–H and O–H groups in total. The standard InChI is InChI=1S/C15H23F3N2O/c1-3-4-5-6-7-11(2)21-14-12(10-19)8-9-13(20-14)15(16,17)18/h8-9,11H,3-7,10,19H2,1-2H3. The Hall–Kier alpha value is -1.30. The summed E-state index contributed by atoms with van der Waals surface area (Å²) < 4.78 is 43.6. The summed E-state index contributed by atoms with van der Waals surface area (Å²) in [4.78, 5) is 3.57. The number of hydrogen-bond acceptors (Lipinski definition) is 3. The number of hydrogen-bond donors (Lipinski definition) is 1. The van der Waals surface area contributed by atoms with Gasteiger partial charge in [-0.3, -0.25) is 0 Å². The van der Waals surface area contributed by atoms with Crippen LogP contribution in [0.5, 0.6) is 5.88 Å². The van der Waals surface area contributed by atoms with Gasteiger partial charge < -0.3 is 10.5 Å². The minimum atomic E-state index is -4.48. The smallest absolute Gasteiger partial charge is 0.433 e. The topological polar surface area (TPSA) is 48.1 Å². The van der Waals surface area contributed by atoms with Crippen LogP contribution in [0.3, 0.4) is 0 Å². The SMILES string of the molecule is CCCCCCC(C)Oc1nc(C(F)(F)F)ccc1CN. The van der Waals surface area contributed by atoms with Gasteiger partial charge in [-0.25, -0.2) is 4.98 Å². The summed E-state index contributed by atoms with van der Waals surface area (Å²) in [6.45, 7) is 4.07. The molecule has 0 radical (unpaired) electrons. The van der Waals surface area contributed by atoms with Crippen molar-refractivity contribution in [2.45, 2.75) is 64.8 Å². The molecule has 0 aliphatic heterocycles. The fraction of sp³-hybridized carbons (Fsp3) is 0.667. The van der Waals surface area contributed by atoms with Gasteiger partial charge >= 0.3 is 6.18 Å². The molecule has 1 aromatic heterocycles. The van der Waals surface area contributed by atoms with Crippen molar-refractivity contribution >= 4 is 0 Å². The molecule has 0 spiro atoms. The Labute approximate surface area is 123 Å². The molecule has 0 aliphatic rings. The number of ether oxygens (including phenoxy) is 1. The van der Waals surface area contributed by atoms with Crippen molar-refractivity contribution in [3.63, 3.8) is 0 Å². The number of alkyl halides is 3. The summed E-state index contributed by atoms with van der Waals surface area (Å²) >= 11 is 0. The maximum Gasteiger partial charge on any atom is 0.433 e. The Balaban J connectivity index is 2.71. The molecule has 0 fully saturated rings. The molecular formula is C15H23F3N2O. The molecule has 1 heterocycles. The van der Waals surface area contributed by atoms with Gasteiger partial charge in [0, 0.05) is 12.1 Å². The third-order valence-electron chi connectivity index (χ3n) is 3.23. The Morgan fingerprint density at radius 2 is 1.95 bits per heavy atom. The highest BCUT2D eigenvalue weighted by molar-refractivity contribution is 5.29. The molecule has 0 bridgehead atoms. The van der Waals surface area contributed by atoms with E-state index in [-0.39, 0.29) is 18.5 Å². The molecule has 1 aromatic rings. The molecule has 0 saturated heterocycles. The molecule has 0 amide bonds. The lowest BCUT2D eigenvalue weighted by atomic mass is 10.1. The minimum absolute atomic E-state index is 0.00434. The zero-order chi connectivity index (χ0) is 15.9. The molecular weight excluding hydrogens is 281 g/mol. The van der Waals surface area contributed by atoms with Gasteiger partial charge in [0.1, 0.15) is 5.69 Å². The zero-order valence-electron chi connectivity index (χ0n) is 12.5. The van der Waals surface area contributed by atoms with Crippen LogP contribution in [-0.4, -0.2) is 11.1 Å². The fourth-order valence-corrected chi connectivity index (χ4v) is 1.99. The highest BCUT2D eigenvalue weighted by Crippen LogP contribution is 2.30. The van der Waals surface area contributed by atoms with Gasteiger partial charge in [0.15, 0.2) is 0 Å². The van der Waals surface area contributed by atoms with Crippen molar-refractivity contribution in [3.8, 4) is 5.88 Å². The number of halogens is 3. The van der Waals surface area contributed by atoms with E-state index in [0.717, 1.165) is 38.2 Å². The monoisotopic (exact) mass is 304 g/mol. The summed E-state index contributed by atoms with van der Waals surface area (Å²) in [6, 6.07) is 2.26. The van der Waals surface area contributed by atoms with Crippen molar-refractivity contribution < 1.29 is 17.9 Å². The molecule has 0 aliphatic carbocycles. The third-order valence-corrected chi connectivity index (χ3v) is 3.23. The second-order valence-corrected chi connectivity index (χ2v) is 5.14. The Morgan fingerprint density at radius 3 is 2.52 bits per heavy atom. The van der Waals surface area contributed by atoms with Gasteiger partial charge in [0.05, 0.1) is 6.10 Å². The zero-order valence-corrected chi connectivity index (χ0v) is 12.5. The van der Waals surface area contributed by atoms with E-state index in [1.165, 1.54) is 6.07 Å². The molecule has 0 aromatic carbocycles. The largest absolute Gasteiger partial charge is 0.474 e. The molecule has 120 valence electrons. The van der Waals surface area contributed by atoms with Crippen molar-refractivity contribution in [2.24, 2.45) is 5.73 Å². The van der Waals surface area contributed by atoms with Crippen molar-refractivity contribution in [1.82, 2.24) is 4.98 Å². The molecule has 21 heavy (non-hydrogen) atoms. The summed E-state index contributed by atoms with van der Waals surface area (Å²) in [5, 5.41) is 0. The average molecular weight is 304 g/mol. The average Bonchev–Trinajstić information content (AvgIpc) is 2.42. The Morgan fingerprint density at radius 1 is 1.24 bits per heavy atom. The van der Waals surface area contributed by atoms with Crippen LogP contribution in [0.25, 0.3) is 0 Å². The highest BCUT2D eigenvalue weighted by Gasteiger charge is 2.33. The maximum atomic E-state index is 12.7. The van der Waals surface area contributed by atoms with Gasteiger partial charge in [-0.15, -0.1) is 0 Å². The van der Waals surface area contributed by atoms with Crippen LogP contribution in [0.2, 0.25) is 0 Å². The molecule has 1 atom stereocenters. The van der Waals surface area contributed by atoms with Crippen LogP contribution in [0, 0.1) is 0 Å². The van der Waals surface area contributed by atoms with E-state index in [4.69, 9.17) is 10.5 Å². The molecule has 1 unspecified atom stereocenters. The van der Waals surface area contributed by atoms with Crippen LogP contribution in [0.15, 0.2) is 12.1 Å². The highest BCUT2D eigenvalue weighted by atomic mass is 19.4. The van der Waals surface area contributed by atoms with E-state index in [0.29, 0.717) is 5.56 Å². The first-order valence-electron chi connectivity index (χ1n) is 7.32. The first-order chi connectivity index (χ1) is 9.88. The number of nitrogens with zero attached hydrogens (tertiary/aromatic N) is 1. The van der Waals surface area contributed by atoms with Crippen molar-refractivity contribution in [2.75, 3.05) is 0 Å². The van der Waals surface area contributed by atoms with Crippen molar-refractivity contribution in [3.05, 3.63) is 23.4 Å². The van der Waals surface area contributed by atoms with Crippen LogP contribution in [0.4, 0.5) is 13.2 Å². The van der Waals surface area contributed by atoms with Crippen LogP contribution < -0.4 is 10.5 Å². The number of unbranched alkanes of at least 4 members (excludes halogenated alkanes) is 3. The van der Waals surface area contributed by atoms with Gasteiger partial charge in [0.2, 0.25) is 5.88 Å². The predicted molar refractivity (Wildman–Crippen MR) is 76.0 cm³/mol. The molecule has 0 saturated carbocycles. The van der Waals surface area contributed by atoms with E-state index in [1.807, 2.05) is 6.92 Å². The van der Waals surface area contributed by atoms with Gasteiger partial charge in [-0.2, -0.15) is 13.2 Å². The Bertz CT molecular complexity index is 435. The fourth-order valence-electron chi connectivity index (χ4n) is 1.99. The van der Waals surface area contributed by atoms with Crippen LogP contribution in [0.1, 0.15) is 57.2 Å². The predicted octanol–water partition coefficient (Wildman–Crippen LogP) is 4.30. The minimum Gasteiger partial charge on any atom is -0.474 e. The van der Waals surface area contributed by atoms with Crippen molar-refractivity contribution in [1.29, 1.82) is 0 Å². The molecule has 3 nitrogen and oxygen atoms in total. The van der Waals surface area contributed by atoms with Crippen LogP contribution >= 0.6 is 0 Å². The second-order valence-electron chi connectivity index (χ2n) is 5.14.